The van der Waals surface area contributed by atoms with E-state index in [1.54, 1.807) is 11.1 Å². The van der Waals surface area contributed by atoms with Crippen molar-refractivity contribution in [3.05, 3.63) is 53.6 Å². The first-order valence-corrected chi connectivity index (χ1v) is 8.10. The summed E-state index contributed by atoms with van der Waals surface area (Å²) in [7, 11) is 4.39. The van der Waals surface area contributed by atoms with Gasteiger partial charge < -0.3 is 4.90 Å². The lowest BCUT2D eigenvalue weighted by atomic mass is 9.85. The van der Waals surface area contributed by atoms with Gasteiger partial charge in [-0.2, -0.15) is 0 Å². The van der Waals surface area contributed by atoms with Crippen LogP contribution in [0.3, 0.4) is 0 Å². The van der Waals surface area contributed by atoms with Gasteiger partial charge in [0.25, 0.3) is 0 Å². The average Bonchev–Trinajstić information content (AvgIpc) is 3.07. The first-order valence-electron chi connectivity index (χ1n) is 8.10. The van der Waals surface area contributed by atoms with Crippen LogP contribution in [0.1, 0.15) is 24.8 Å². The van der Waals surface area contributed by atoms with E-state index in [2.05, 4.69) is 61.5 Å². The summed E-state index contributed by atoms with van der Waals surface area (Å²) in [5.74, 6) is 1.64. The molecule has 1 saturated carbocycles. The van der Waals surface area contributed by atoms with Gasteiger partial charge in [0.2, 0.25) is 0 Å². The van der Waals surface area contributed by atoms with E-state index in [1.165, 1.54) is 35.6 Å². The smallest absolute Gasteiger partial charge is 0.0195 e. The van der Waals surface area contributed by atoms with Gasteiger partial charge in [0.1, 0.15) is 0 Å². The Labute approximate surface area is 127 Å². The van der Waals surface area contributed by atoms with Gasteiger partial charge in [0.05, 0.1) is 0 Å². The maximum absolute atomic E-state index is 2.34. The highest BCUT2D eigenvalue weighted by atomic mass is 15.1. The van der Waals surface area contributed by atoms with Crippen molar-refractivity contribution in [2.24, 2.45) is 11.8 Å². The van der Waals surface area contributed by atoms with E-state index in [-0.39, 0.29) is 0 Å². The Bertz CT molecular complexity index is 705. The molecule has 0 aromatic heterocycles. The summed E-state index contributed by atoms with van der Waals surface area (Å²) in [6, 6.07) is 15.6. The molecule has 21 heavy (non-hydrogen) atoms. The van der Waals surface area contributed by atoms with Gasteiger partial charge in [-0.05, 0) is 72.7 Å². The third-order valence-corrected chi connectivity index (χ3v) is 5.25. The van der Waals surface area contributed by atoms with Crippen molar-refractivity contribution < 1.29 is 0 Å². The van der Waals surface area contributed by atoms with Crippen LogP contribution >= 0.6 is 0 Å². The molecule has 1 fully saturated rings. The van der Waals surface area contributed by atoms with Crippen LogP contribution in [-0.2, 0) is 0 Å². The fourth-order valence-corrected chi connectivity index (χ4v) is 4.45. The molecule has 2 aliphatic rings. The van der Waals surface area contributed by atoms with Crippen LogP contribution in [0.25, 0.3) is 16.3 Å². The van der Waals surface area contributed by atoms with E-state index >= 15 is 0 Å². The lowest BCUT2D eigenvalue weighted by Crippen LogP contribution is -2.19. The first kappa shape index (κ1) is 13.1. The highest BCUT2D eigenvalue weighted by molar-refractivity contribution is 5.95. The SMILES string of the molecule is CN(C)CC1=C(c2cccc3ccccc23)C2CCC1C2. The summed E-state index contributed by atoms with van der Waals surface area (Å²) in [6.07, 6.45) is 4.18. The van der Waals surface area contributed by atoms with Crippen LogP contribution in [0.15, 0.2) is 48.0 Å². The fourth-order valence-electron chi connectivity index (χ4n) is 4.45. The van der Waals surface area contributed by atoms with Crippen molar-refractivity contribution >= 4 is 16.3 Å². The summed E-state index contributed by atoms with van der Waals surface area (Å²) >= 11 is 0. The second-order valence-corrected chi connectivity index (χ2v) is 6.91. The molecule has 4 rings (SSSR count). The van der Waals surface area contributed by atoms with Gasteiger partial charge in [-0.15, -0.1) is 0 Å². The molecule has 2 aromatic rings. The number of benzene rings is 2. The minimum Gasteiger partial charge on any atom is -0.305 e. The quantitative estimate of drug-likeness (QED) is 0.793. The molecule has 0 N–H and O–H groups in total. The minimum absolute atomic E-state index is 0.802. The molecule has 1 nitrogen and oxygen atoms in total. The zero-order valence-corrected chi connectivity index (χ0v) is 13.0. The van der Waals surface area contributed by atoms with Crippen LogP contribution < -0.4 is 0 Å². The Morgan fingerprint density at radius 1 is 0.952 bits per heavy atom. The molecule has 0 saturated heterocycles. The molecule has 2 unspecified atom stereocenters. The normalized spacial score (nSPS) is 24.5. The molecule has 0 aliphatic heterocycles. The summed E-state index contributed by atoms with van der Waals surface area (Å²) in [5.41, 5.74) is 4.89. The van der Waals surface area contributed by atoms with Crippen LogP contribution in [-0.4, -0.2) is 25.5 Å². The number of rotatable bonds is 3. The zero-order valence-electron chi connectivity index (χ0n) is 13.0. The van der Waals surface area contributed by atoms with Crippen molar-refractivity contribution in [2.75, 3.05) is 20.6 Å². The van der Waals surface area contributed by atoms with Gasteiger partial charge in [-0.1, -0.05) is 42.5 Å². The number of fused-ring (bicyclic) bond motifs is 3. The fraction of sp³-hybridized carbons (Fsp3) is 0.400. The van der Waals surface area contributed by atoms with Crippen molar-refractivity contribution in [3.63, 3.8) is 0 Å². The Kier molecular flexibility index (Phi) is 3.11. The molecule has 1 heteroatoms. The van der Waals surface area contributed by atoms with Gasteiger partial charge in [-0.3, -0.25) is 0 Å². The maximum atomic E-state index is 2.34. The van der Waals surface area contributed by atoms with E-state index in [0.29, 0.717) is 0 Å². The molecule has 0 radical (unpaired) electrons. The lowest BCUT2D eigenvalue weighted by molar-refractivity contribution is 0.423. The van der Waals surface area contributed by atoms with Crippen LogP contribution in [0.2, 0.25) is 0 Å². The van der Waals surface area contributed by atoms with Gasteiger partial charge in [-0.25, -0.2) is 0 Å². The summed E-state index contributed by atoms with van der Waals surface area (Å²) in [6.45, 7) is 1.12. The van der Waals surface area contributed by atoms with Crippen LogP contribution in [0, 0.1) is 11.8 Å². The highest BCUT2D eigenvalue weighted by Gasteiger charge is 2.39. The van der Waals surface area contributed by atoms with Gasteiger partial charge in [0.15, 0.2) is 0 Å². The summed E-state index contributed by atoms with van der Waals surface area (Å²) in [5, 5.41) is 2.80. The van der Waals surface area contributed by atoms with Gasteiger partial charge >= 0.3 is 0 Å². The number of hydrogen-bond acceptors (Lipinski definition) is 1. The van der Waals surface area contributed by atoms with Crippen molar-refractivity contribution in [1.29, 1.82) is 0 Å². The van der Waals surface area contributed by atoms with Crippen molar-refractivity contribution in [1.82, 2.24) is 4.90 Å². The predicted octanol–water partition coefficient (Wildman–Crippen LogP) is 4.58. The van der Waals surface area contributed by atoms with E-state index < -0.39 is 0 Å². The molecular formula is C20H23N. The van der Waals surface area contributed by atoms with E-state index in [0.717, 1.165) is 18.4 Å². The number of likely N-dealkylation sites (N-methyl/N-ethyl adjacent to an activating group) is 1. The third kappa shape index (κ3) is 2.11. The minimum atomic E-state index is 0.802. The monoisotopic (exact) mass is 277 g/mol. The molecule has 2 aromatic carbocycles. The van der Waals surface area contributed by atoms with E-state index in [9.17, 15) is 0 Å². The highest BCUT2D eigenvalue weighted by Crippen LogP contribution is 2.53. The molecule has 2 atom stereocenters. The Morgan fingerprint density at radius 3 is 2.57 bits per heavy atom. The third-order valence-electron chi connectivity index (χ3n) is 5.25. The second kappa shape index (κ2) is 4.99. The summed E-state index contributed by atoms with van der Waals surface area (Å²) in [4.78, 5) is 2.33. The molecule has 2 aliphatic carbocycles. The molecular weight excluding hydrogens is 254 g/mol. The predicted molar refractivity (Wildman–Crippen MR) is 90.3 cm³/mol. The standard InChI is InChI=1S/C20H23N/c1-21(2)13-19-15-10-11-16(12-15)20(19)18-9-5-7-14-6-3-4-8-17(14)18/h3-9,15-16H,10-13H2,1-2H3. The van der Waals surface area contributed by atoms with Crippen LogP contribution in [0.4, 0.5) is 0 Å². The number of allylic oxidation sites excluding steroid dienone is 1. The summed E-state index contributed by atoms with van der Waals surface area (Å²) < 4.78 is 0. The average molecular weight is 277 g/mol. The van der Waals surface area contributed by atoms with E-state index in [4.69, 9.17) is 0 Å². The van der Waals surface area contributed by atoms with Gasteiger partial charge in [0, 0.05) is 6.54 Å². The van der Waals surface area contributed by atoms with Crippen molar-refractivity contribution in [2.45, 2.75) is 19.3 Å². The molecule has 108 valence electrons. The largest absolute Gasteiger partial charge is 0.305 e. The van der Waals surface area contributed by atoms with E-state index in [1.807, 2.05) is 0 Å². The van der Waals surface area contributed by atoms with Crippen LogP contribution in [0.5, 0.6) is 0 Å². The molecule has 0 spiro atoms. The Balaban J connectivity index is 1.91. The lowest BCUT2D eigenvalue weighted by Gasteiger charge is -2.24. The molecule has 2 bridgehead atoms. The second-order valence-electron chi connectivity index (χ2n) is 6.91. The zero-order chi connectivity index (χ0) is 14.4. The van der Waals surface area contributed by atoms with Crippen molar-refractivity contribution in [3.8, 4) is 0 Å². The topological polar surface area (TPSA) is 3.24 Å². The first-order chi connectivity index (χ1) is 10.2. The number of hydrogen-bond donors (Lipinski definition) is 0. The maximum Gasteiger partial charge on any atom is 0.0195 e. The molecule has 0 heterocycles. The number of nitrogens with zero attached hydrogens (tertiary/aromatic N) is 1. The Hall–Kier alpha value is -1.60. The molecule has 0 amide bonds. The Morgan fingerprint density at radius 2 is 1.71 bits per heavy atom.